The highest BCUT2D eigenvalue weighted by Gasteiger charge is 2.27. The molecule has 2 heterocycles. The highest BCUT2D eigenvalue weighted by Crippen LogP contribution is 2.24. The van der Waals surface area contributed by atoms with Crippen molar-refractivity contribution >= 4 is 10.0 Å². The Kier molecular flexibility index (Phi) is 5.87. The molecule has 0 saturated carbocycles. The van der Waals surface area contributed by atoms with Crippen molar-refractivity contribution in [2.75, 3.05) is 39.0 Å². The van der Waals surface area contributed by atoms with Crippen molar-refractivity contribution in [1.29, 1.82) is 0 Å². The van der Waals surface area contributed by atoms with Crippen LogP contribution in [0.1, 0.15) is 45.4 Å². The van der Waals surface area contributed by atoms with E-state index in [-0.39, 0.29) is 0 Å². The van der Waals surface area contributed by atoms with Gasteiger partial charge in [0, 0.05) is 19.6 Å². The first kappa shape index (κ1) is 16.2. The maximum Gasteiger partial charge on any atom is 0.211 e. The number of hydrogen-bond donors (Lipinski definition) is 0. The summed E-state index contributed by atoms with van der Waals surface area (Å²) >= 11 is 0. The van der Waals surface area contributed by atoms with Crippen molar-refractivity contribution in [3.05, 3.63) is 0 Å². The van der Waals surface area contributed by atoms with Gasteiger partial charge in [-0.15, -0.1) is 0 Å². The van der Waals surface area contributed by atoms with Gasteiger partial charge in [-0.2, -0.15) is 0 Å². The minimum Gasteiger partial charge on any atom is -0.303 e. The Morgan fingerprint density at radius 1 is 1.00 bits per heavy atom. The second-order valence-electron chi connectivity index (χ2n) is 6.64. The molecule has 0 spiro atoms. The molecule has 0 radical (unpaired) electrons. The highest BCUT2D eigenvalue weighted by atomic mass is 32.2. The molecule has 2 aliphatic rings. The quantitative estimate of drug-likeness (QED) is 0.799. The summed E-state index contributed by atoms with van der Waals surface area (Å²) in [6, 6.07) is 0. The molecule has 0 aromatic rings. The molecule has 0 aromatic heterocycles. The van der Waals surface area contributed by atoms with Gasteiger partial charge >= 0.3 is 0 Å². The molecule has 2 atom stereocenters. The van der Waals surface area contributed by atoms with Crippen LogP contribution in [0.5, 0.6) is 0 Å². The number of rotatable bonds is 4. The zero-order valence-electron chi connectivity index (χ0n) is 13.1. The fourth-order valence-electron chi connectivity index (χ4n) is 3.66. The first-order chi connectivity index (χ1) is 9.49. The molecule has 20 heavy (non-hydrogen) atoms. The van der Waals surface area contributed by atoms with E-state index in [0.29, 0.717) is 12.5 Å². The Bertz CT molecular complexity index is 397. The molecule has 2 aliphatic heterocycles. The molecular formula is C15H30N2O2S. The van der Waals surface area contributed by atoms with Crippen molar-refractivity contribution in [2.24, 2.45) is 11.8 Å². The van der Waals surface area contributed by atoms with E-state index in [1.165, 1.54) is 51.4 Å². The molecule has 5 heteroatoms. The van der Waals surface area contributed by atoms with Crippen LogP contribution in [0.4, 0.5) is 0 Å². The Morgan fingerprint density at radius 2 is 1.70 bits per heavy atom. The van der Waals surface area contributed by atoms with Crippen LogP contribution >= 0.6 is 0 Å². The third-order valence-electron chi connectivity index (χ3n) is 4.98. The van der Waals surface area contributed by atoms with Crippen molar-refractivity contribution in [3.8, 4) is 0 Å². The molecule has 0 N–H and O–H groups in total. The number of sulfonamides is 1. The largest absolute Gasteiger partial charge is 0.303 e. The van der Waals surface area contributed by atoms with Gasteiger partial charge in [0.25, 0.3) is 0 Å². The fraction of sp³-hybridized carbons (Fsp3) is 1.00. The second kappa shape index (κ2) is 7.23. The molecule has 2 fully saturated rings. The van der Waals surface area contributed by atoms with E-state index in [4.69, 9.17) is 0 Å². The van der Waals surface area contributed by atoms with Gasteiger partial charge in [0.1, 0.15) is 0 Å². The van der Waals surface area contributed by atoms with Gasteiger partial charge in [-0.25, -0.2) is 12.7 Å². The summed E-state index contributed by atoms with van der Waals surface area (Å²) in [5, 5.41) is 0. The summed E-state index contributed by atoms with van der Waals surface area (Å²) in [5.41, 5.74) is 0. The molecule has 0 bridgehead atoms. The van der Waals surface area contributed by atoms with Crippen molar-refractivity contribution in [1.82, 2.24) is 9.21 Å². The maximum atomic E-state index is 11.7. The Hall–Kier alpha value is -0.130. The molecule has 0 aliphatic carbocycles. The van der Waals surface area contributed by atoms with Crippen LogP contribution in [-0.2, 0) is 10.0 Å². The van der Waals surface area contributed by atoms with Crippen LogP contribution < -0.4 is 0 Å². The van der Waals surface area contributed by atoms with Crippen LogP contribution in [-0.4, -0.2) is 56.6 Å². The lowest BCUT2D eigenvalue weighted by atomic mass is 9.98. The Balaban J connectivity index is 1.83. The summed E-state index contributed by atoms with van der Waals surface area (Å²) in [4.78, 5) is 2.58. The van der Waals surface area contributed by atoms with E-state index < -0.39 is 10.0 Å². The summed E-state index contributed by atoms with van der Waals surface area (Å²) < 4.78 is 25.0. The van der Waals surface area contributed by atoms with Crippen molar-refractivity contribution in [3.63, 3.8) is 0 Å². The zero-order chi connectivity index (χ0) is 14.6. The normalized spacial score (nSPS) is 31.1. The minimum atomic E-state index is -3.00. The Labute approximate surface area is 124 Å². The van der Waals surface area contributed by atoms with E-state index in [2.05, 4.69) is 11.8 Å². The number of likely N-dealkylation sites (tertiary alicyclic amines) is 1. The summed E-state index contributed by atoms with van der Waals surface area (Å²) in [5.74, 6) is 1.43. The van der Waals surface area contributed by atoms with E-state index in [0.717, 1.165) is 25.4 Å². The average molecular weight is 302 g/mol. The fourth-order valence-corrected chi connectivity index (χ4v) is 4.60. The van der Waals surface area contributed by atoms with E-state index in [1.807, 2.05) is 0 Å². The lowest BCUT2D eigenvalue weighted by Gasteiger charge is -2.34. The molecule has 118 valence electrons. The van der Waals surface area contributed by atoms with Crippen LogP contribution in [0.15, 0.2) is 0 Å². The van der Waals surface area contributed by atoms with Crippen LogP contribution in [0.2, 0.25) is 0 Å². The molecule has 2 rings (SSSR count). The van der Waals surface area contributed by atoms with Gasteiger partial charge < -0.3 is 4.90 Å². The first-order valence-electron chi connectivity index (χ1n) is 8.16. The molecule has 0 amide bonds. The van der Waals surface area contributed by atoms with Gasteiger partial charge in [0.05, 0.1) is 6.26 Å². The lowest BCUT2D eigenvalue weighted by Crippen LogP contribution is -2.43. The van der Waals surface area contributed by atoms with Gasteiger partial charge in [-0.3, -0.25) is 0 Å². The van der Waals surface area contributed by atoms with Crippen molar-refractivity contribution < 1.29 is 8.42 Å². The van der Waals surface area contributed by atoms with Gasteiger partial charge in [0.15, 0.2) is 0 Å². The van der Waals surface area contributed by atoms with Gasteiger partial charge in [-0.05, 0) is 57.0 Å². The lowest BCUT2D eigenvalue weighted by molar-refractivity contribution is 0.181. The third kappa shape index (κ3) is 4.71. The highest BCUT2D eigenvalue weighted by molar-refractivity contribution is 7.88. The van der Waals surface area contributed by atoms with E-state index in [9.17, 15) is 8.42 Å². The minimum absolute atomic E-state index is 0.525. The number of piperidine rings is 1. The Morgan fingerprint density at radius 3 is 2.40 bits per heavy atom. The summed E-state index contributed by atoms with van der Waals surface area (Å²) in [7, 11) is -3.00. The standard InChI is InChI=1S/C15H30N2O2S/c1-3-14-6-4-9-16(11-8-14)12-15-7-5-10-17(13-15)20(2,18)19/h14-15H,3-13H2,1-2H3/t14-,15-/m1/s1. The monoisotopic (exact) mass is 302 g/mol. The van der Waals surface area contributed by atoms with E-state index in [1.54, 1.807) is 4.31 Å². The van der Waals surface area contributed by atoms with E-state index >= 15 is 0 Å². The van der Waals surface area contributed by atoms with Crippen LogP contribution in [0, 0.1) is 11.8 Å². The molecule has 4 nitrogen and oxygen atoms in total. The summed E-state index contributed by atoms with van der Waals surface area (Å²) in [6.45, 7) is 7.23. The molecule has 2 saturated heterocycles. The third-order valence-corrected chi connectivity index (χ3v) is 6.25. The predicted octanol–water partition coefficient (Wildman–Crippen LogP) is 2.17. The molecule has 0 unspecified atom stereocenters. The van der Waals surface area contributed by atoms with Crippen molar-refractivity contribution in [2.45, 2.75) is 45.4 Å². The average Bonchev–Trinajstić information content (AvgIpc) is 2.63. The van der Waals surface area contributed by atoms with Crippen LogP contribution in [0.3, 0.4) is 0 Å². The predicted molar refractivity (Wildman–Crippen MR) is 83.2 cm³/mol. The molecule has 0 aromatic carbocycles. The van der Waals surface area contributed by atoms with Gasteiger partial charge in [-0.1, -0.05) is 13.3 Å². The number of nitrogens with zero attached hydrogens (tertiary/aromatic N) is 2. The SMILES string of the molecule is CC[C@@H]1CCCN(C[C@H]2CCCN(S(C)(=O)=O)C2)CC1. The second-order valence-corrected chi connectivity index (χ2v) is 8.62. The number of hydrogen-bond acceptors (Lipinski definition) is 3. The summed E-state index contributed by atoms with van der Waals surface area (Å²) in [6.07, 6.45) is 8.84. The topological polar surface area (TPSA) is 40.6 Å². The first-order valence-corrected chi connectivity index (χ1v) is 10.0. The maximum absolute atomic E-state index is 11.7. The van der Waals surface area contributed by atoms with Crippen LogP contribution in [0.25, 0.3) is 0 Å². The zero-order valence-corrected chi connectivity index (χ0v) is 13.9. The smallest absolute Gasteiger partial charge is 0.211 e. The molecular weight excluding hydrogens is 272 g/mol. The van der Waals surface area contributed by atoms with Gasteiger partial charge in [0.2, 0.25) is 10.0 Å².